The molecular formula is C12H15N3O. The summed E-state index contributed by atoms with van der Waals surface area (Å²) in [4.78, 5) is 0. The van der Waals surface area contributed by atoms with Crippen LogP contribution in [0.3, 0.4) is 0 Å². The summed E-state index contributed by atoms with van der Waals surface area (Å²) in [7, 11) is 0. The molecule has 4 nitrogen and oxygen atoms in total. The third kappa shape index (κ3) is 1.84. The predicted octanol–water partition coefficient (Wildman–Crippen LogP) is 1.80. The molecule has 0 aromatic heterocycles. The zero-order valence-electron chi connectivity index (χ0n) is 9.44. The Bertz CT molecular complexity index is 437. The largest absolute Gasteiger partial charge is 0.369 e. The van der Waals surface area contributed by atoms with Crippen molar-refractivity contribution in [3.63, 3.8) is 0 Å². The summed E-state index contributed by atoms with van der Waals surface area (Å²) < 4.78 is 0. The van der Waals surface area contributed by atoms with Gasteiger partial charge in [-0.1, -0.05) is 30.3 Å². The van der Waals surface area contributed by atoms with E-state index >= 15 is 0 Å². The van der Waals surface area contributed by atoms with Crippen LogP contribution in [0, 0.1) is 5.41 Å². The van der Waals surface area contributed by atoms with Gasteiger partial charge in [-0.25, -0.2) is 5.01 Å². The lowest BCUT2D eigenvalue weighted by Crippen LogP contribution is -2.43. The number of hydrogen-bond donors (Lipinski definition) is 2. The molecular weight excluding hydrogens is 202 g/mol. The minimum Gasteiger partial charge on any atom is -0.369 e. The monoisotopic (exact) mass is 217 g/mol. The van der Waals surface area contributed by atoms with Crippen molar-refractivity contribution in [3.05, 3.63) is 35.9 Å². The molecule has 0 fully saturated rings. The van der Waals surface area contributed by atoms with Crippen molar-refractivity contribution >= 4 is 11.5 Å². The normalized spacial score (nSPS) is 24.4. The van der Waals surface area contributed by atoms with Crippen LogP contribution in [0.25, 0.3) is 0 Å². The lowest BCUT2D eigenvalue weighted by molar-refractivity contribution is -0.0330. The van der Waals surface area contributed by atoms with E-state index in [0.717, 1.165) is 11.3 Å². The van der Waals surface area contributed by atoms with Crippen LogP contribution in [0.2, 0.25) is 0 Å². The van der Waals surface area contributed by atoms with E-state index in [-0.39, 0.29) is 5.84 Å². The molecule has 0 amide bonds. The van der Waals surface area contributed by atoms with Crippen molar-refractivity contribution in [2.45, 2.75) is 26.0 Å². The maximum atomic E-state index is 10.1. The van der Waals surface area contributed by atoms with Gasteiger partial charge in [0.1, 0.15) is 0 Å². The summed E-state index contributed by atoms with van der Waals surface area (Å²) in [5.41, 5.74) is 0.503. The molecule has 0 saturated heterocycles. The van der Waals surface area contributed by atoms with Crippen molar-refractivity contribution in [2.24, 2.45) is 5.10 Å². The molecule has 1 heterocycles. The Kier molecular flexibility index (Phi) is 2.52. The van der Waals surface area contributed by atoms with Gasteiger partial charge in [-0.15, -0.1) is 0 Å². The molecule has 2 N–H and O–H groups in total. The molecule has 1 atom stereocenters. The van der Waals surface area contributed by atoms with Crippen LogP contribution in [-0.4, -0.2) is 27.4 Å². The second kappa shape index (κ2) is 3.72. The van der Waals surface area contributed by atoms with Gasteiger partial charge in [-0.3, -0.25) is 5.41 Å². The molecule has 0 unspecified atom stereocenters. The molecule has 1 aromatic carbocycles. The first-order chi connectivity index (χ1) is 7.50. The Balaban J connectivity index is 2.30. The first-order valence-corrected chi connectivity index (χ1v) is 5.21. The third-order valence-electron chi connectivity index (χ3n) is 2.58. The fourth-order valence-electron chi connectivity index (χ4n) is 1.88. The highest BCUT2D eigenvalue weighted by Crippen LogP contribution is 2.26. The molecule has 0 aliphatic carbocycles. The fraction of sp³-hybridized carbons (Fsp3) is 0.333. The van der Waals surface area contributed by atoms with E-state index in [1.807, 2.05) is 37.3 Å². The third-order valence-corrected chi connectivity index (χ3v) is 2.58. The number of hydrazone groups is 1. The topological polar surface area (TPSA) is 59.7 Å². The summed E-state index contributed by atoms with van der Waals surface area (Å²) in [6.07, 6.45) is 0.474. The van der Waals surface area contributed by atoms with Crippen LogP contribution in [0.4, 0.5) is 0 Å². The highest BCUT2D eigenvalue weighted by molar-refractivity contribution is 5.99. The molecule has 16 heavy (non-hydrogen) atoms. The Morgan fingerprint density at radius 2 is 2.06 bits per heavy atom. The first kappa shape index (κ1) is 10.8. The zero-order valence-corrected chi connectivity index (χ0v) is 9.44. The van der Waals surface area contributed by atoms with Crippen LogP contribution in [0.5, 0.6) is 0 Å². The second-order valence-corrected chi connectivity index (χ2v) is 4.26. The Morgan fingerprint density at radius 1 is 1.44 bits per heavy atom. The van der Waals surface area contributed by atoms with Gasteiger partial charge in [0.05, 0.1) is 0 Å². The maximum Gasteiger partial charge on any atom is 0.162 e. The molecule has 4 heteroatoms. The summed E-state index contributed by atoms with van der Waals surface area (Å²) >= 11 is 0. The fourth-order valence-corrected chi connectivity index (χ4v) is 1.88. The van der Waals surface area contributed by atoms with Crippen molar-refractivity contribution in [1.82, 2.24) is 5.01 Å². The molecule has 1 aromatic rings. The summed E-state index contributed by atoms with van der Waals surface area (Å²) in [6.45, 7) is 3.53. The zero-order chi connectivity index (χ0) is 11.8. The van der Waals surface area contributed by atoms with E-state index in [0.29, 0.717) is 6.42 Å². The molecule has 0 spiro atoms. The molecule has 2 rings (SSSR count). The number of benzene rings is 1. The number of aliphatic hydroxyl groups is 1. The predicted molar refractivity (Wildman–Crippen MR) is 63.5 cm³/mol. The number of amidine groups is 1. The minimum absolute atomic E-state index is 0.224. The highest BCUT2D eigenvalue weighted by Gasteiger charge is 2.37. The molecule has 84 valence electrons. The van der Waals surface area contributed by atoms with Crippen LogP contribution in [0.1, 0.15) is 25.8 Å². The standard InChI is InChI=1S/C12H15N3O/c1-9-8-12(2,16)15(14-9)11(13)10-6-4-3-5-7-10/h3-7,13,16H,8H2,1-2H3/t12-/m0/s1. The van der Waals surface area contributed by atoms with Gasteiger partial charge in [0, 0.05) is 17.7 Å². The molecule has 0 bridgehead atoms. The number of nitrogens with zero attached hydrogens (tertiary/aromatic N) is 2. The van der Waals surface area contributed by atoms with Crippen molar-refractivity contribution < 1.29 is 5.11 Å². The van der Waals surface area contributed by atoms with Crippen molar-refractivity contribution in [2.75, 3.05) is 0 Å². The Hall–Kier alpha value is -1.68. The molecule has 1 aliphatic heterocycles. The first-order valence-electron chi connectivity index (χ1n) is 5.21. The van der Waals surface area contributed by atoms with Gasteiger partial charge in [-0.05, 0) is 13.8 Å². The number of nitrogens with one attached hydrogen (secondary N) is 1. The highest BCUT2D eigenvalue weighted by atomic mass is 16.3. The quantitative estimate of drug-likeness (QED) is 0.556. The molecule has 0 radical (unpaired) electrons. The lowest BCUT2D eigenvalue weighted by Gasteiger charge is -2.28. The van der Waals surface area contributed by atoms with Crippen molar-refractivity contribution in [1.29, 1.82) is 5.41 Å². The van der Waals surface area contributed by atoms with Gasteiger partial charge >= 0.3 is 0 Å². The maximum absolute atomic E-state index is 10.1. The van der Waals surface area contributed by atoms with E-state index < -0.39 is 5.72 Å². The Labute approximate surface area is 94.7 Å². The average Bonchev–Trinajstić information content (AvgIpc) is 2.52. The van der Waals surface area contributed by atoms with Gasteiger partial charge in [0.15, 0.2) is 11.6 Å². The Morgan fingerprint density at radius 3 is 2.56 bits per heavy atom. The van der Waals surface area contributed by atoms with Gasteiger partial charge in [0.2, 0.25) is 0 Å². The van der Waals surface area contributed by atoms with Crippen LogP contribution in [0.15, 0.2) is 35.4 Å². The molecule has 0 saturated carbocycles. The van der Waals surface area contributed by atoms with Crippen LogP contribution in [-0.2, 0) is 0 Å². The minimum atomic E-state index is -1.09. The van der Waals surface area contributed by atoms with Crippen molar-refractivity contribution in [3.8, 4) is 0 Å². The van der Waals surface area contributed by atoms with E-state index in [9.17, 15) is 5.11 Å². The average molecular weight is 217 g/mol. The summed E-state index contributed by atoms with van der Waals surface area (Å²) in [5.74, 6) is 0.224. The van der Waals surface area contributed by atoms with E-state index in [2.05, 4.69) is 5.10 Å². The summed E-state index contributed by atoms with van der Waals surface area (Å²) in [5, 5.41) is 23.7. The number of rotatable bonds is 1. The SMILES string of the molecule is CC1=NN(C(=N)c2ccccc2)[C@@](C)(O)C1. The molecule has 1 aliphatic rings. The van der Waals surface area contributed by atoms with Crippen LogP contribution < -0.4 is 0 Å². The van der Waals surface area contributed by atoms with Crippen LogP contribution >= 0.6 is 0 Å². The summed E-state index contributed by atoms with van der Waals surface area (Å²) in [6, 6.07) is 9.30. The van der Waals surface area contributed by atoms with Gasteiger partial charge < -0.3 is 5.11 Å². The van der Waals surface area contributed by atoms with E-state index in [4.69, 9.17) is 5.41 Å². The van der Waals surface area contributed by atoms with E-state index in [1.54, 1.807) is 6.92 Å². The number of hydrogen-bond acceptors (Lipinski definition) is 3. The lowest BCUT2D eigenvalue weighted by atomic mass is 10.1. The smallest absolute Gasteiger partial charge is 0.162 e. The van der Waals surface area contributed by atoms with E-state index in [1.165, 1.54) is 5.01 Å². The van der Waals surface area contributed by atoms with Gasteiger partial charge in [-0.2, -0.15) is 5.10 Å². The van der Waals surface area contributed by atoms with Gasteiger partial charge in [0.25, 0.3) is 0 Å². The second-order valence-electron chi connectivity index (χ2n) is 4.26.